The number of nitrogens with one attached hydrogen (secondary N) is 1. The fourth-order valence-electron chi connectivity index (χ4n) is 1.71. The van der Waals surface area contributed by atoms with Crippen molar-refractivity contribution >= 4 is 38.9 Å². The molecule has 2 aromatic carbocycles. The Bertz CT molecular complexity index is 690. The Labute approximate surface area is 132 Å². The van der Waals surface area contributed by atoms with Gasteiger partial charge in [0.15, 0.2) is 0 Å². The number of halogens is 4. The largest absolute Gasteiger partial charge is 0.378 e. The van der Waals surface area contributed by atoms with Gasteiger partial charge in [-0.05, 0) is 33.6 Å². The van der Waals surface area contributed by atoms with Gasteiger partial charge in [-0.25, -0.2) is 8.78 Å². The predicted octanol–water partition coefficient (Wildman–Crippen LogP) is 4.90. The molecule has 0 spiro atoms. The summed E-state index contributed by atoms with van der Waals surface area (Å²) >= 11 is 8.75. The zero-order chi connectivity index (χ0) is 15.6. The van der Waals surface area contributed by atoms with Crippen molar-refractivity contribution < 1.29 is 13.7 Å². The van der Waals surface area contributed by atoms with Crippen molar-refractivity contribution in [2.75, 3.05) is 5.32 Å². The van der Waals surface area contributed by atoms with E-state index in [0.29, 0.717) is 5.56 Å². The molecule has 0 unspecified atom stereocenters. The highest BCUT2D eigenvalue weighted by molar-refractivity contribution is 9.10. The van der Waals surface area contributed by atoms with Crippen molar-refractivity contribution in [3.8, 4) is 0 Å². The maximum absolute atomic E-state index is 13.6. The third-order valence-electron chi connectivity index (χ3n) is 2.68. The summed E-state index contributed by atoms with van der Waals surface area (Å²) in [6, 6.07) is 6.14. The fraction of sp³-hybridized carbons (Fsp3) is 0.0769. The molecule has 0 bridgehead atoms. The van der Waals surface area contributed by atoms with Gasteiger partial charge in [0.25, 0.3) is 5.69 Å². The Morgan fingerprint density at radius 1 is 1.29 bits per heavy atom. The summed E-state index contributed by atoms with van der Waals surface area (Å²) in [5.41, 5.74) is 0.394. The van der Waals surface area contributed by atoms with E-state index in [-0.39, 0.29) is 27.4 Å². The molecule has 0 atom stereocenters. The summed E-state index contributed by atoms with van der Waals surface area (Å²) in [6.07, 6.45) is 0. The summed E-state index contributed by atoms with van der Waals surface area (Å²) < 4.78 is 26.8. The van der Waals surface area contributed by atoms with Crippen LogP contribution >= 0.6 is 27.5 Å². The zero-order valence-corrected chi connectivity index (χ0v) is 12.7. The highest BCUT2D eigenvalue weighted by atomic mass is 79.9. The topological polar surface area (TPSA) is 55.2 Å². The first-order chi connectivity index (χ1) is 9.88. The molecule has 1 N–H and O–H groups in total. The summed E-state index contributed by atoms with van der Waals surface area (Å²) in [4.78, 5) is 10.2. The van der Waals surface area contributed by atoms with Gasteiger partial charge in [-0.1, -0.05) is 17.7 Å². The second kappa shape index (κ2) is 6.36. The van der Waals surface area contributed by atoms with Crippen molar-refractivity contribution in [2.45, 2.75) is 6.54 Å². The number of anilines is 1. The first-order valence-corrected chi connectivity index (χ1v) is 6.87. The van der Waals surface area contributed by atoms with E-state index in [1.165, 1.54) is 12.1 Å². The van der Waals surface area contributed by atoms with E-state index in [0.717, 1.165) is 12.1 Å². The fourth-order valence-corrected chi connectivity index (χ4v) is 2.44. The molecule has 0 fully saturated rings. The van der Waals surface area contributed by atoms with Gasteiger partial charge in [-0.15, -0.1) is 0 Å². The maximum atomic E-state index is 13.6. The van der Waals surface area contributed by atoms with Crippen LogP contribution in [0.5, 0.6) is 0 Å². The van der Waals surface area contributed by atoms with E-state index < -0.39 is 16.6 Å². The van der Waals surface area contributed by atoms with Crippen molar-refractivity contribution in [3.63, 3.8) is 0 Å². The van der Waals surface area contributed by atoms with Crippen LogP contribution in [0, 0.1) is 21.7 Å². The normalized spacial score (nSPS) is 10.5. The molecule has 0 aliphatic rings. The number of nitro groups is 1. The van der Waals surface area contributed by atoms with Crippen LogP contribution in [0.2, 0.25) is 5.02 Å². The van der Waals surface area contributed by atoms with Gasteiger partial charge in [0.2, 0.25) is 0 Å². The van der Waals surface area contributed by atoms with Crippen LogP contribution in [0.15, 0.2) is 34.8 Å². The van der Waals surface area contributed by atoms with Gasteiger partial charge in [-0.3, -0.25) is 10.1 Å². The van der Waals surface area contributed by atoms with E-state index in [2.05, 4.69) is 21.2 Å². The molecule has 0 heterocycles. The lowest BCUT2D eigenvalue weighted by molar-refractivity contribution is -0.384. The molecule has 8 heteroatoms. The van der Waals surface area contributed by atoms with Crippen LogP contribution in [0.3, 0.4) is 0 Å². The summed E-state index contributed by atoms with van der Waals surface area (Å²) in [6.45, 7) is 0.124. The average Bonchev–Trinajstić information content (AvgIpc) is 2.38. The van der Waals surface area contributed by atoms with E-state index in [1.54, 1.807) is 6.07 Å². The molecule has 0 aliphatic heterocycles. The quantitative estimate of drug-likeness (QED) is 0.609. The molecule has 0 amide bonds. The molecular weight excluding hydrogens is 370 g/mol. The SMILES string of the molecule is O=[N+]([O-])c1cc(CNc2c(F)cc(F)cc2Br)ccc1Cl. The molecule has 2 aromatic rings. The number of hydrogen-bond acceptors (Lipinski definition) is 3. The second-order valence-electron chi connectivity index (χ2n) is 4.14. The molecule has 2 rings (SSSR count). The summed E-state index contributed by atoms with van der Waals surface area (Å²) in [5, 5.41) is 13.6. The predicted molar refractivity (Wildman–Crippen MR) is 79.5 cm³/mol. The number of hydrogen-bond donors (Lipinski definition) is 1. The van der Waals surface area contributed by atoms with Crippen LogP contribution in [-0.2, 0) is 6.54 Å². The van der Waals surface area contributed by atoms with Crippen molar-refractivity contribution in [1.82, 2.24) is 0 Å². The minimum atomic E-state index is -0.759. The standard InChI is InChI=1S/C13H8BrClF2N2O2/c14-9-4-8(16)5-11(17)13(9)18-6-7-1-2-10(15)12(3-7)19(20)21/h1-5,18H,6H2. The van der Waals surface area contributed by atoms with Crippen LogP contribution < -0.4 is 5.32 Å². The van der Waals surface area contributed by atoms with Crippen LogP contribution in [0.25, 0.3) is 0 Å². The van der Waals surface area contributed by atoms with Crippen molar-refractivity contribution in [3.05, 3.63) is 67.1 Å². The third-order valence-corrected chi connectivity index (χ3v) is 3.63. The molecule has 0 radical (unpaired) electrons. The van der Waals surface area contributed by atoms with Gasteiger partial charge in [0.1, 0.15) is 16.7 Å². The minimum Gasteiger partial charge on any atom is -0.378 e. The number of rotatable bonds is 4. The summed E-state index contributed by atoms with van der Waals surface area (Å²) in [5.74, 6) is -1.46. The van der Waals surface area contributed by atoms with Crippen molar-refractivity contribution in [2.24, 2.45) is 0 Å². The molecule has 0 saturated heterocycles. The van der Waals surface area contributed by atoms with Gasteiger partial charge >= 0.3 is 0 Å². The summed E-state index contributed by atoms with van der Waals surface area (Å²) in [7, 11) is 0. The first-order valence-electron chi connectivity index (χ1n) is 5.69. The van der Waals surface area contributed by atoms with E-state index in [9.17, 15) is 18.9 Å². The average molecular weight is 378 g/mol. The Morgan fingerprint density at radius 2 is 2.00 bits per heavy atom. The third kappa shape index (κ3) is 3.68. The molecular formula is C13H8BrClF2N2O2. The van der Waals surface area contributed by atoms with Gasteiger partial charge in [-0.2, -0.15) is 0 Å². The number of benzene rings is 2. The van der Waals surface area contributed by atoms with E-state index in [4.69, 9.17) is 11.6 Å². The monoisotopic (exact) mass is 376 g/mol. The molecule has 0 aliphatic carbocycles. The van der Waals surface area contributed by atoms with Crippen LogP contribution in [0.4, 0.5) is 20.2 Å². The second-order valence-corrected chi connectivity index (χ2v) is 5.40. The van der Waals surface area contributed by atoms with Gasteiger partial charge < -0.3 is 5.32 Å². The Hall–Kier alpha value is -1.73. The van der Waals surface area contributed by atoms with Gasteiger partial charge in [0, 0.05) is 23.2 Å². The smallest absolute Gasteiger partial charge is 0.288 e. The molecule has 110 valence electrons. The highest BCUT2D eigenvalue weighted by Crippen LogP contribution is 2.29. The minimum absolute atomic E-state index is 0.0258. The maximum Gasteiger partial charge on any atom is 0.288 e. The van der Waals surface area contributed by atoms with Crippen molar-refractivity contribution in [1.29, 1.82) is 0 Å². The molecule has 4 nitrogen and oxygen atoms in total. The lowest BCUT2D eigenvalue weighted by Gasteiger charge is -2.10. The van der Waals surface area contributed by atoms with E-state index >= 15 is 0 Å². The zero-order valence-electron chi connectivity index (χ0n) is 10.4. The number of nitro benzene ring substituents is 1. The Kier molecular flexibility index (Phi) is 4.74. The van der Waals surface area contributed by atoms with E-state index in [1.807, 2.05) is 0 Å². The molecule has 0 aromatic heterocycles. The van der Waals surface area contributed by atoms with Crippen LogP contribution in [-0.4, -0.2) is 4.92 Å². The van der Waals surface area contributed by atoms with Crippen LogP contribution in [0.1, 0.15) is 5.56 Å². The highest BCUT2D eigenvalue weighted by Gasteiger charge is 2.14. The first kappa shape index (κ1) is 15.7. The number of nitrogens with zero attached hydrogens (tertiary/aromatic N) is 1. The lowest BCUT2D eigenvalue weighted by Crippen LogP contribution is -2.03. The van der Waals surface area contributed by atoms with Gasteiger partial charge in [0.05, 0.1) is 10.6 Å². The Morgan fingerprint density at radius 3 is 2.62 bits per heavy atom. The molecule has 21 heavy (non-hydrogen) atoms. The lowest BCUT2D eigenvalue weighted by atomic mass is 10.2. The Balaban J connectivity index is 2.21. The molecule has 0 saturated carbocycles.